The Morgan fingerprint density at radius 3 is 2.90 bits per heavy atom. The minimum atomic E-state index is -1.05. The second kappa shape index (κ2) is 6.04. The number of hydrogen-bond acceptors (Lipinski definition) is 4. The molecule has 0 saturated carbocycles. The first kappa shape index (κ1) is 14.5. The van der Waals surface area contributed by atoms with Gasteiger partial charge >= 0.3 is 5.97 Å². The maximum atomic E-state index is 12.4. The van der Waals surface area contributed by atoms with Crippen molar-refractivity contribution in [2.45, 2.75) is 39.0 Å². The third kappa shape index (κ3) is 3.16. The monoisotopic (exact) mass is 281 g/mol. The summed E-state index contributed by atoms with van der Waals surface area (Å²) in [6.07, 6.45) is 2.90. The number of aryl methyl sites for hydroxylation is 1. The van der Waals surface area contributed by atoms with E-state index in [4.69, 9.17) is 9.84 Å². The fraction of sp³-hybridized carbons (Fsp3) is 0.615. The minimum Gasteiger partial charge on any atom is -0.479 e. The Balaban J connectivity index is 2.08. The molecular formula is C13H19N3O4. The molecular weight excluding hydrogens is 262 g/mol. The smallest absolute Gasteiger partial charge is 0.334 e. The van der Waals surface area contributed by atoms with Crippen LogP contribution in [0.3, 0.4) is 0 Å². The molecule has 7 heteroatoms. The Morgan fingerprint density at radius 2 is 2.25 bits per heavy atom. The topological polar surface area (TPSA) is 84.7 Å². The molecule has 0 radical (unpaired) electrons. The van der Waals surface area contributed by atoms with Crippen LogP contribution in [0.15, 0.2) is 12.4 Å². The number of carboxylic acids is 1. The zero-order valence-electron chi connectivity index (χ0n) is 11.7. The fourth-order valence-corrected chi connectivity index (χ4v) is 2.26. The van der Waals surface area contributed by atoms with Crippen LogP contribution in [-0.4, -0.2) is 57.0 Å². The molecule has 2 atom stereocenters. The van der Waals surface area contributed by atoms with Gasteiger partial charge in [0.05, 0.1) is 24.4 Å². The van der Waals surface area contributed by atoms with Crippen LogP contribution in [0.25, 0.3) is 0 Å². The van der Waals surface area contributed by atoms with Crippen molar-refractivity contribution in [3.63, 3.8) is 0 Å². The first-order chi connectivity index (χ1) is 9.51. The van der Waals surface area contributed by atoms with E-state index in [1.54, 1.807) is 17.8 Å². The number of rotatable bonds is 4. The first-order valence-corrected chi connectivity index (χ1v) is 6.71. The Labute approximate surface area is 117 Å². The number of aromatic nitrogens is 2. The quantitative estimate of drug-likeness (QED) is 0.874. The highest BCUT2D eigenvalue weighted by Gasteiger charge is 2.33. The number of hydrogen-bond donors (Lipinski definition) is 1. The highest BCUT2D eigenvalue weighted by Crippen LogP contribution is 2.14. The van der Waals surface area contributed by atoms with Gasteiger partial charge in [-0.2, -0.15) is 5.10 Å². The van der Waals surface area contributed by atoms with Gasteiger partial charge in [-0.15, -0.1) is 0 Å². The van der Waals surface area contributed by atoms with E-state index in [0.717, 1.165) is 13.0 Å². The summed E-state index contributed by atoms with van der Waals surface area (Å²) in [7, 11) is 0. The lowest BCUT2D eigenvalue weighted by molar-refractivity contribution is -0.160. The first-order valence-electron chi connectivity index (χ1n) is 6.71. The molecule has 1 fully saturated rings. The normalized spacial score (nSPS) is 22.8. The highest BCUT2D eigenvalue weighted by atomic mass is 16.5. The molecule has 7 nitrogen and oxygen atoms in total. The van der Waals surface area contributed by atoms with Crippen molar-refractivity contribution in [2.75, 3.05) is 13.1 Å². The summed E-state index contributed by atoms with van der Waals surface area (Å²) in [5, 5.41) is 13.1. The highest BCUT2D eigenvalue weighted by molar-refractivity contribution is 5.94. The zero-order valence-corrected chi connectivity index (χ0v) is 11.7. The summed E-state index contributed by atoms with van der Waals surface area (Å²) in [6.45, 7) is 5.00. The molecule has 0 aromatic carbocycles. The number of morpholine rings is 1. The van der Waals surface area contributed by atoms with Crippen molar-refractivity contribution in [3.8, 4) is 0 Å². The minimum absolute atomic E-state index is 0.0669. The number of nitrogens with zero attached hydrogens (tertiary/aromatic N) is 3. The van der Waals surface area contributed by atoms with Gasteiger partial charge in [0, 0.05) is 19.3 Å². The van der Waals surface area contributed by atoms with E-state index in [2.05, 4.69) is 5.10 Å². The predicted molar refractivity (Wildman–Crippen MR) is 70.4 cm³/mol. The summed E-state index contributed by atoms with van der Waals surface area (Å²) < 4.78 is 7.01. The van der Waals surface area contributed by atoms with E-state index in [1.807, 2.05) is 6.92 Å². The van der Waals surface area contributed by atoms with Gasteiger partial charge in [0.1, 0.15) is 0 Å². The average molecular weight is 281 g/mol. The number of aliphatic carboxylic acids is 1. The van der Waals surface area contributed by atoms with E-state index in [1.165, 1.54) is 11.1 Å². The molecule has 1 saturated heterocycles. The van der Waals surface area contributed by atoms with Crippen molar-refractivity contribution in [1.82, 2.24) is 14.7 Å². The molecule has 1 aromatic heterocycles. The molecule has 0 aliphatic carbocycles. The van der Waals surface area contributed by atoms with Crippen LogP contribution in [0.2, 0.25) is 0 Å². The van der Waals surface area contributed by atoms with Crippen molar-refractivity contribution < 1.29 is 19.4 Å². The summed E-state index contributed by atoms with van der Waals surface area (Å²) in [6, 6.07) is 0. The molecule has 0 bridgehead atoms. The third-order valence-corrected chi connectivity index (χ3v) is 3.16. The predicted octanol–water partition coefficient (Wildman–Crippen LogP) is 0.607. The number of carbonyl (C=O) groups excluding carboxylic acids is 1. The Morgan fingerprint density at radius 1 is 1.50 bits per heavy atom. The largest absolute Gasteiger partial charge is 0.479 e. The summed E-state index contributed by atoms with van der Waals surface area (Å²) in [4.78, 5) is 24.9. The van der Waals surface area contributed by atoms with E-state index in [0.29, 0.717) is 12.1 Å². The SMILES string of the molecule is CCCn1cc(C(=O)N2CC(C(=O)O)O[C@H](C)C2)cn1. The lowest BCUT2D eigenvalue weighted by atomic mass is 10.2. The molecule has 1 aliphatic rings. The summed E-state index contributed by atoms with van der Waals surface area (Å²) in [5.41, 5.74) is 0.483. The van der Waals surface area contributed by atoms with Crippen molar-refractivity contribution in [2.24, 2.45) is 0 Å². The molecule has 1 aromatic rings. The van der Waals surface area contributed by atoms with Crippen LogP contribution in [-0.2, 0) is 16.1 Å². The van der Waals surface area contributed by atoms with Gasteiger partial charge in [0.25, 0.3) is 5.91 Å². The van der Waals surface area contributed by atoms with Gasteiger partial charge in [0.15, 0.2) is 6.10 Å². The van der Waals surface area contributed by atoms with Crippen molar-refractivity contribution in [3.05, 3.63) is 18.0 Å². The Kier molecular flexibility index (Phi) is 4.39. The number of carboxylic acid groups (broad SMARTS) is 1. The van der Waals surface area contributed by atoms with Crippen molar-refractivity contribution in [1.29, 1.82) is 0 Å². The van der Waals surface area contributed by atoms with Crippen LogP contribution in [0.1, 0.15) is 30.6 Å². The molecule has 20 heavy (non-hydrogen) atoms. The number of amides is 1. The number of ether oxygens (including phenoxy) is 1. The third-order valence-electron chi connectivity index (χ3n) is 3.16. The van der Waals surface area contributed by atoms with Crippen LogP contribution < -0.4 is 0 Å². The molecule has 0 spiro atoms. The second-order valence-electron chi connectivity index (χ2n) is 4.98. The van der Waals surface area contributed by atoms with Crippen LogP contribution in [0.5, 0.6) is 0 Å². The Bertz CT molecular complexity index is 500. The van der Waals surface area contributed by atoms with Gasteiger partial charge in [-0.1, -0.05) is 6.92 Å². The van der Waals surface area contributed by atoms with Crippen LogP contribution in [0.4, 0.5) is 0 Å². The molecule has 1 aliphatic heterocycles. The number of carbonyl (C=O) groups is 2. The Hall–Kier alpha value is -1.89. The maximum Gasteiger partial charge on any atom is 0.334 e. The summed E-state index contributed by atoms with van der Waals surface area (Å²) >= 11 is 0. The van der Waals surface area contributed by atoms with Crippen molar-refractivity contribution >= 4 is 11.9 Å². The van der Waals surface area contributed by atoms with Gasteiger partial charge in [-0.3, -0.25) is 9.48 Å². The van der Waals surface area contributed by atoms with E-state index in [-0.39, 0.29) is 18.6 Å². The van der Waals surface area contributed by atoms with Crippen LogP contribution >= 0.6 is 0 Å². The van der Waals surface area contributed by atoms with E-state index >= 15 is 0 Å². The van der Waals surface area contributed by atoms with Gasteiger partial charge in [-0.05, 0) is 13.3 Å². The average Bonchev–Trinajstić information content (AvgIpc) is 2.86. The fourth-order valence-electron chi connectivity index (χ4n) is 2.26. The van der Waals surface area contributed by atoms with E-state index in [9.17, 15) is 9.59 Å². The molecule has 1 N–H and O–H groups in total. The molecule has 2 heterocycles. The lowest BCUT2D eigenvalue weighted by Crippen LogP contribution is -2.51. The van der Waals surface area contributed by atoms with Gasteiger partial charge in [-0.25, -0.2) is 4.79 Å². The molecule has 2 rings (SSSR count). The standard InChI is InChI=1S/C13H19N3O4/c1-3-4-16-7-10(5-14-16)12(17)15-6-9(2)20-11(8-15)13(18)19/h5,7,9,11H,3-4,6,8H2,1-2H3,(H,18,19)/t9-,11?/m1/s1. The van der Waals surface area contributed by atoms with Gasteiger partial charge < -0.3 is 14.7 Å². The van der Waals surface area contributed by atoms with Crippen LogP contribution in [0, 0.1) is 0 Å². The molecule has 1 amide bonds. The lowest BCUT2D eigenvalue weighted by Gasteiger charge is -2.34. The molecule has 110 valence electrons. The second-order valence-corrected chi connectivity index (χ2v) is 4.98. The maximum absolute atomic E-state index is 12.4. The van der Waals surface area contributed by atoms with Gasteiger partial charge in [0.2, 0.25) is 0 Å². The zero-order chi connectivity index (χ0) is 14.7. The van der Waals surface area contributed by atoms with E-state index < -0.39 is 12.1 Å². The summed E-state index contributed by atoms with van der Waals surface area (Å²) in [5.74, 6) is -1.25. The molecule has 1 unspecified atom stereocenters.